The topological polar surface area (TPSA) is 29.5 Å². The minimum Gasteiger partial charge on any atom is -0.379 e. The molecule has 0 saturated carbocycles. The van der Waals surface area contributed by atoms with Crippen molar-refractivity contribution in [3.8, 4) is 0 Å². The second kappa shape index (κ2) is 5.76. The molecule has 1 unspecified atom stereocenters. The fraction of sp³-hybridized carbons (Fsp3) is 0.462. The molecule has 0 aliphatic carbocycles. The van der Waals surface area contributed by atoms with E-state index < -0.39 is 0 Å². The zero-order valence-corrected chi connectivity index (χ0v) is 11.4. The summed E-state index contributed by atoms with van der Waals surface area (Å²) in [5.41, 5.74) is 0.756. The van der Waals surface area contributed by atoms with Gasteiger partial charge < -0.3 is 4.74 Å². The number of ether oxygens (including phenoxy) is 1. The Kier molecular flexibility index (Phi) is 4.31. The van der Waals surface area contributed by atoms with Crippen LogP contribution < -0.4 is 0 Å². The number of halogens is 1. The van der Waals surface area contributed by atoms with Gasteiger partial charge in [-0.2, -0.15) is 0 Å². The van der Waals surface area contributed by atoms with Crippen molar-refractivity contribution in [3.05, 3.63) is 34.3 Å². The molecule has 0 radical (unpaired) electrons. The monoisotopic (exact) mass is 297 g/mol. The Morgan fingerprint density at radius 1 is 1.53 bits per heavy atom. The van der Waals surface area contributed by atoms with Crippen molar-refractivity contribution in [2.45, 2.75) is 13.0 Å². The largest absolute Gasteiger partial charge is 0.379 e. The quantitative estimate of drug-likeness (QED) is 0.802. The van der Waals surface area contributed by atoms with Gasteiger partial charge in [0, 0.05) is 22.6 Å². The highest BCUT2D eigenvalue weighted by Gasteiger charge is 2.22. The molecule has 0 aromatic heterocycles. The number of morpholine rings is 1. The summed E-state index contributed by atoms with van der Waals surface area (Å²) in [6, 6.07) is 7.88. The molecule has 0 N–H and O–H groups in total. The molecule has 1 fully saturated rings. The molecular weight excluding hydrogens is 282 g/mol. The van der Waals surface area contributed by atoms with Crippen LogP contribution >= 0.6 is 15.9 Å². The molecule has 0 spiro atoms. The van der Waals surface area contributed by atoms with Gasteiger partial charge in [0.25, 0.3) is 0 Å². The summed E-state index contributed by atoms with van der Waals surface area (Å²) >= 11 is 3.41. The number of nitrogens with zero attached hydrogens (tertiary/aromatic N) is 1. The van der Waals surface area contributed by atoms with E-state index >= 15 is 0 Å². The number of carbonyl (C=O) groups excluding carboxylic acids is 1. The lowest BCUT2D eigenvalue weighted by Crippen LogP contribution is -2.46. The lowest BCUT2D eigenvalue weighted by Gasteiger charge is -2.32. The normalized spacial score (nSPS) is 21.4. The fourth-order valence-electron chi connectivity index (χ4n) is 1.95. The smallest absolute Gasteiger partial charge is 0.177 e. The highest BCUT2D eigenvalue weighted by Crippen LogP contribution is 2.17. The van der Waals surface area contributed by atoms with Crippen LogP contribution in [0.2, 0.25) is 0 Å². The molecule has 1 atom stereocenters. The predicted octanol–water partition coefficient (Wildman–Crippen LogP) is 2.35. The van der Waals surface area contributed by atoms with Crippen molar-refractivity contribution in [1.82, 2.24) is 4.90 Å². The van der Waals surface area contributed by atoms with Crippen molar-refractivity contribution in [3.63, 3.8) is 0 Å². The van der Waals surface area contributed by atoms with Gasteiger partial charge in [0.1, 0.15) is 0 Å². The van der Waals surface area contributed by atoms with Gasteiger partial charge in [-0.05, 0) is 13.0 Å². The van der Waals surface area contributed by atoms with E-state index in [1.807, 2.05) is 24.3 Å². The zero-order chi connectivity index (χ0) is 12.3. The average Bonchev–Trinajstić information content (AvgIpc) is 2.32. The number of ketones is 1. The second-order valence-corrected chi connectivity index (χ2v) is 5.15. The Labute approximate surface area is 110 Å². The number of hydrogen-bond donors (Lipinski definition) is 0. The molecule has 92 valence electrons. The van der Waals surface area contributed by atoms with E-state index in [0.717, 1.165) is 16.6 Å². The first-order valence-electron chi connectivity index (χ1n) is 5.78. The number of hydrogen-bond acceptors (Lipinski definition) is 3. The molecule has 3 nitrogen and oxygen atoms in total. The van der Waals surface area contributed by atoms with Crippen LogP contribution in [0.5, 0.6) is 0 Å². The van der Waals surface area contributed by atoms with Gasteiger partial charge in [0.15, 0.2) is 5.78 Å². The third-order valence-corrected chi connectivity index (χ3v) is 3.72. The van der Waals surface area contributed by atoms with Crippen LogP contribution in [0.15, 0.2) is 28.7 Å². The van der Waals surface area contributed by atoms with Crippen LogP contribution in [-0.4, -0.2) is 43.0 Å². The molecule has 4 heteroatoms. The summed E-state index contributed by atoms with van der Waals surface area (Å²) in [4.78, 5) is 14.3. The predicted molar refractivity (Wildman–Crippen MR) is 70.3 cm³/mol. The summed E-state index contributed by atoms with van der Waals surface area (Å²) in [6.45, 7) is 4.81. The average molecular weight is 298 g/mol. The maximum absolute atomic E-state index is 12.2. The first-order valence-corrected chi connectivity index (χ1v) is 6.57. The van der Waals surface area contributed by atoms with Gasteiger partial charge in [0.2, 0.25) is 0 Å². The van der Waals surface area contributed by atoms with Gasteiger partial charge in [-0.15, -0.1) is 0 Å². The van der Waals surface area contributed by atoms with E-state index in [-0.39, 0.29) is 5.78 Å². The van der Waals surface area contributed by atoms with Crippen molar-refractivity contribution in [2.24, 2.45) is 0 Å². The van der Waals surface area contributed by atoms with Crippen molar-refractivity contribution < 1.29 is 9.53 Å². The van der Waals surface area contributed by atoms with Crippen molar-refractivity contribution >= 4 is 21.7 Å². The number of benzene rings is 1. The van der Waals surface area contributed by atoms with Crippen molar-refractivity contribution in [2.75, 3.05) is 26.3 Å². The van der Waals surface area contributed by atoms with Crippen LogP contribution in [0, 0.1) is 0 Å². The molecule has 1 aromatic carbocycles. The molecule has 17 heavy (non-hydrogen) atoms. The molecule has 1 aromatic rings. The van der Waals surface area contributed by atoms with Crippen LogP contribution in [0.25, 0.3) is 0 Å². The first-order chi connectivity index (χ1) is 8.18. The Morgan fingerprint density at radius 2 is 2.29 bits per heavy atom. The molecule has 0 bridgehead atoms. The molecule has 0 amide bonds. The van der Waals surface area contributed by atoms with E-state index in [0.29, 0.717) is 25.8 Å². The van der Waals surface area contributed by atoms with Gasteiger partial charge in [-0.25, -0.2) is 0 Å². The zero-order valence-electron chi connectivity index (χ0n) is 9.86. The Bertz CT molecular complexity index is 408. The van der Waals surface area contributed by atoms with Gasteiger partial charge >= 0.3 is 0 Å². The standard InChI is InChI=1S/C13H16BrNO2/c1-10-9-17-7-6-15(10)8-13(16)11-4-2-3-5-12(11)14/h2-5,10H,6-9H2,1H3. The Morgan fingerprint density at radius 3 is 3.00 bits per heavy atom. The van der Waals surface area contributed by atoms with Gasteiger partial charge in [0.05, 0.1) is 19.8 Å². The summed E-state index contributed by atoms with van der Waals surface area (Å²) in [5, 5.41) is 0. The highest BCUT2D eigenvalue weighted by atomic mass is 79.9. The Balaban J connectivity index is 2.04. The third kappa shape index (κ3) is 3.15. The maximum atomic E-state index is 12.2. The van der Waals surface area contributed by atoms with E-state index in [1.54, 1.807) is 0 Å². The molecular formula is C13H16BrNO2. The van der Waals surface area contributed by atoms with E-state index in [4.69, 9.17) is 4.74 Å². The van der Waals surface area contributed by atoms with Gasteiger partial charge in [-0.1, -0.05) is 34.1 Å². The lowest BCUT2D eigenvalue weighted by molar-refractivity contribution is 0.00200. The summed E-state index contributed by atoms with van der Waals surface area (Å²) in [6.07, 6.45) is 0. The maximum Gasteiger partial charge on any atom is 0.177 e. The first kappa shape index (κ1) is 12.7. The van der Waals surface area contributed by atoms with Crippen LogP contribution in [0.3, 0.4) is 0 Å². The molecule has 1 heterocycles. The summed E-state index contributed by atoms with van der Waals surface area (Å²) < 4.78 is 6.23. The number of carbonyl (C=O) groups is 1. The minimum atomic E-state index is 0.159. The van der Waals surface area contributed by atoms with Crippen LogP contribution in [-0.2, 0) is 4.74 Å². The SMILES string of the molecule is CC1COCCN1CC(=O)c1ccccc1Br. The molecule has 2 rings (SSSR count). The Hall–Kier alpha value is -0.710. The summed E-state index contributed by atoms with van der Waals surface area (Å²) in [5.74, 6) is 0.159. The lowest BCUT2D eigenvalue weighted by atomic mass is 10.1. The van der Waals surface area contributed by atoms with E-state index in [1.165, 1.54) is 0 Å². The highest BCUT2D eigenvalue weighted by molar-refractivity contribution is 9.10. The minimum absolute atomic E-state index is 0.159. The van der Waals surface area contributed by atoms with Crippen LogP contribution in [0.1, 0.15) is 17.3 Å². The van der Waals surface area contributed by atoms with E-state index in [9.17, 15) is 4.79 Å². The molecule has 1 saturated heterocycles. The van der Waals surface area contributed by atoms with Gasteiger partial charge in [-0.3, -0.25) is 9.69 Å². The number of Topliss-reactive ketones (excluding diaryl/α,β-unsaturated/α-hetero) is 1. The fourth-order valence-corrected chi connectivity index (χ4v) is 2.46. The number of rotatable bonds is 3. The third-order valence-electron chi connectivity index (χ3n) is 3.03. The molecule has 1 aliphatic rings. The molecule has 1 aliphatic heterocycles. The van der Waals surface area contributed by atoms with E-state index in [2.05, 4.69) is 27.8 Å². The second-order valence-electron chi connectivity index (χ2n) is 4.30. The summed E-state index contributed by atoms with van der Waals surface area (Å²) in [7, 11) is 0. The van der Waals surface area contributed by atoms with Crippen molar-refractivity contribution in [1.29, 1.82) is 0 Å². The van der Waals surface area contributed by atoms with Crippen LogP contribution in [0.4, 0.5) is 0 Å².